The van der Waals surface area contributed by atoms with Gasteiger partial charge in [-0.2, -0.15) is 5.10 Å². The number of aromatic nitrogens is 2. The van der Waals surface area contributed by atoms with Crippen LogP contribution in [0.1, 0.15) is 12.8 Å². The number of piperidine rings is 1. The summed E-state index contributed by atoms with van der Waals surface area (Å²) in [6, 6.07) is 9.67. The molecule has 2 saturated heterocycles. The molecule has 8 heteroatoms. The lowest BCUT2D eigenvalue weighted by Crippen LogP contribution is -2.52. The molecule has 1 atom stereocenters. The molecule has 2 aromatic rings. The largest absolute Gasteiger partial charge is 0.497 e. The molecule has 160 valence electrons. The molecule has 3 heterocycles. The van der Waals surface area contributed by atoms with Gasteiger partial charge in [0.2, 0.25) is 5.91 Å². The first-order chi connectivity index (χ1) is 14.5. The van der Waals surface area contributed by atoms with Gasteiger partial charge in [-0.25, -0.2) is 4.68 Å². The zero-order valence-corrected chi connectivity index (χ0v) is 17.7. The zero-order valence-electron chi connectivity index (χ0n) is 17.7. The van der Waals surface area contributed by atoms with Crippen LogP contribution in [0.4, 0.5) is 11.4 Å². The van der Waals surface area contributed by atoms with E-state index in [4.69, 9.17) is 4.74 Å². The molecule has 0 saturated carbocycles. The first-order valence-corrected chi connectivity index (χ1v) is 10.5. The number of nitrogens with zero attached hydrogens (tertiary/aromatic N) is 5. The second kappa shape index (κ2) is 8.77. The fourth-order valence-corrected chi connectivity index (χ4v) is 4.28. The molecule has 0 N–H and O–H groups in total. The lowest BCUT2D eigenvalue weighted by atomic mass is 9.96. The maximum atomic E-state index is 13.2. The molecule has 0 aliphatic carbocycles. The van der Waals surface area contributed by atoms with Gasteiger partial charge in [0.05, 0.1) is 24.9 Å². The molecular formula is C22H29N5O3. The fraction of sp³-hybridized carbons (Fsp3) is 0.500. The first-order valence-electron chi connectivity index (χ1n) is 10.5. The second-order valence-electron chi connectivity index (χ2n) is 7.97. The Balaban J connectivity index is 1.35. The van der Waals surface area contributed by atoms with Crippen LogP contribution in [0.15, 0.2) is 41.3 Å². The van der Waals surface area contributed by atoms with Crippen LogP contribution in [0.3, 0.4) is 0 Å². The van der Waals surface area contributed by atoms with E-state index in [0.29, 0.717) is 6.54 Å². The lowest BCUT2D eigenvalue weighted by Gasteiger charge is -2.40. The molecular weight excluding hydrogens is 382 g/mol. The molecule has 0 radical (unpaired) electrons. The zero-order chi connectivity index (χ0) is 21.1. The first kappa shape index (κ1) is 20.3. The number of carbonyl (C=O) groups is 1. The number of hydrogen-bond acceptors (Lipinski definition) is 6. The molecule has 2 aliphatic rings. The van der Waals surface area contributed by atoms with E-state index in [1.165, 1.54) is 4.68 Å². The van der Waals surface area contributed by atoms with Crippen LogP contribution in [-0.2, 0) is 11.8 Å². The Hall–Kier alpha value is -3.03. The molecule has 2 fully saturated rings. The maximum Gasteiger partial charge on any atom is 0.268 e. The van der Waals surface area contributed by atoms with Crippen LogP contribution in [0.25, 0.3) is 0 Å². The molecule has 1 aromatic carbocycles. The SMILES string of the molecule is COc1ccc(N2CCN(C(=O)[C@H]3CCCN(c4cnn(C)c(=O)c4)C3)CC2)cc1. The number of ether oxygens (including phenoxy) is 1. The summed E-state index contributed by atoms with van der Waals surface area (Å²) in [5.74, 6) is 1.04. The minimum absolute atomic E-state index is 0.0321. The predicted octanol–water partition coefficient (Wildman–Crippen LogP) is 1.35. The van der Waals surface area contributed by atoms with Crippen molar-refractivity contribution < 1.29 is 9.53 Å². The second-order valence-corrected chi connectivity index (χ2v) is 7.97. The van der Waals surface area contributed by atoms with Crippen molar-refractivity contribution in [2.75, 3.05) is 56.2 Å². The number of piperazine rings is 1. The van der Waals surface area contributed by atoms with Crippen LogP contribution in [0.2, 0.25) is 0 Å². The predicted molar refractivity (Wildman–Crippen MR) is 116 cm³/mol. The average molecular weight is 412 g/mol. The topological polar surface area (TPSA) is 70.9 Å². The summed E-state index contributed by atoms with van der Waals surface area (Å²) < 4.78 is 6.55. The third-order valence-electron chi connectivity index (χ3n) is 6.12. The summed E-state index contributed by atoms with van der Waals surface area (Å²) in [7, 11) is 3.31. The van der Waals surface area contributed by atoms with Gasteiger partial charge in [0.1, 0.15) is 5.75 Å². The summed E-state index contributed by atoms with van der Waals surface area (Å²) in [6.07, 6.45) is 3.55. The standard InChI is InChI=1S/C22H29N5O3/c1-24-21(28)14-19(15-23-24)27-9-3-4-17(16-27)22(29)26-12-10-25(11-13-26)18-5-7-20(30-2)8-6-18/h5-8,14-15,17H,3-4,9-13,16H2,1-2H3/t17-/m0/s1. The Bertz CT molecular complexity index is 935. The van der Waals surface area contributed by atoms with Gasteiger partial charge in [0, 0.05) is 58.1 Å². The normalized spacial score (nSPS) is 19.7. The number of aryl methyl sites for hydroxylation is 1. The van der Waals surface area contributed by atoms with E-state index in [-0.39, 0.29) is 17.4 Å². The van der Waals surface area contributed by atoms with E-state index in [9.17, 15) is 9.59 Å². The van der Waals surface area contributed by atoms with Gasteiger partial charge in [-0.05, 0) is 37.1 Å². The third kappa shape index (κ3) is 4.27. The molecule has 0 unspecified atom stereocenters. The number of rotatable bonds is 4. The van der Waals surface area contributed by atoms with Crippen molar-refractivity contribution in [2.24, 2.45) is 13.0 Å². The molecule has 8 nitrogen and oxygen atoms in total. The van der Waals surface area contributed by atoms with E-state index in [1.54, 1.807) is 26.4 Å². The fourth-order valence-electron chi connectivity index (χ4n) is 4.28. The van der Waals surface area contributed by atoms with Crippen molar-refractivity contribution >= 4 is 17.3 Å². The molecule has 1 amide bonds. The summed E-state index contributed by atoms with van der Waals surface area (Å²) in [6.45, 7) is 4.61. The molecule has 2 aliphatic heterocycles. The number of amides is 1. The molecule has 0 bridgehead atoms. The van der Waals surface area contributed by atoms with E-state index in [0.717, 1.165) is 62.7 Å². The Kier molecular flexibility index (Phi) is 5.92. The highest BCUT2D eigenvalue weighted by atomic mass is 16.5. The van der Waals surface area contributed by atoms with Crippen molar-refractivity contribution in [2.45, 2.75) is 12.8 Å². The number of hydrogen-bond donors (Lipinski definition) is 0. The number of anilines is 2. The molecule has 4 rings (SSSR count). The highest BCUT2D eigenvalue weighted by Gasteiger charge is 2.31. The van der Waals surface area contributed by atoms with Crippen molar-refractivity contribution in [3.05, 3.63) is 46.9 Å². The summed E-state index contributed by atoms with van der Waals surface area (Å²) in [5, 5.41) is 4.12. The van der Waals surface area contributed by atoms with Crippen LogP contribution < -0.4 is 20.1 Å². The average Bonchev–Trinajstić information content (AvgIpc) is 2.80. The molecule has 1 aromatic heterocycles. The number of benzene rings is 1. The quantitative estimate of drug-likeness (QED) is 0.757. The van der Waals surface area contributed by atoms with Gasteiger partial charge in [-0.15, -0.1) is 0 Å². The summed E-state index contributed by atoms with van der Waals surface area (Å²) in [4.78, 5) is 31.5. The van der Waals surface area contributed by atoms with Crippen molar-refractivity contribution in [1.29, 1.82) is 0 Å². The van der Waals surface area contributed by atoms with E-state index < -0.39 is 0 Å². The van der Waals surface area contributed by atoms with E-state index in [2.05, 4.69) is 27.0 Å². The van der Waals surface area contributed by atoms with Crippen LogP contribution in [-0.4, -0.2) is 67.0 Å². The Morgan fingerprint density at radius 3 is 2.43 bits per heavy atom. The van der Waals surface area contributed by atoms with Gasteiger partial charge in [-0.3, -0.25) is 9.59 Å². The highest BCUT2D eigenvalue weighted by molar-refractivity contribution is 5.80. The Morgan fingerprint density at radius 2 is 1.77 bits per heavy atom. The molecule has 30 heavy (non-hydrogen) atoms. The van der Waals surface area contributed by atoms with Gasteiger partial charge in [-0.1, -0.05) is 0 Å². The van der Waals surface area contributed by atoms with E-state index >= 15 is 0 Å². The highest BCUT2D eigenvalue weighted by Crippen LogP contribution is 2.25. The Morgan fingerprint density at radius 1 is 1.03 bits per heavy atom. The lowest BCUT2D eigenvalue weighted by molar-refractivity contribution is -0.136. The van der Waals surface area contributed by atoms with Gasteiger partial charge in [0.15, 0.2) is 0 Å². The minimum atomic E-state index is -0.129. The minimum Gasteiger partial charge on any atom is -0.497 e. The summed E-state index contributed by atoms with van der Waals surface area (Å²) in [5.41, 5.74) is 1.83. The maximum absolute atomic E-state index is 13.2. The van der Waals surface area contributed by atoms with Gasteiger partial charge >= 0.3 is 0 Å². The van der Waals surface area contributed by atoms with Crippen LogP contribution in [0, 0.1) is 5.92 Å². The van der Waals surface area contributed by atoms with Gasteiger partial charge in [0.25, 0.3) is 5.56 Å². The Labute approximate surface area is 176 Å². The van der Waals surface area contributed by atoms with Crippen molar-refractivity contribution in [3.8, 4) is 5.75 Å². The smallest absolute Gasteiger partial charge is 0.268 e. The van der Waals surface area contributed by atoms with Crippen LogP contribution in [0.5, 0.6) is 5.75 Å². The van der Waals surface area contributed by atoms with E-state index in [1.807, 2.05) is 17.0 Å². The number of carbonyl (C=O) groups excluding carboxylic acids is 1. The monoisotopic (exact) mass is 411 g/mol. The van der Waals surface area contributed by atoms with Gasteiger partial charge < -0.3 is 19.4 Å². The van der Waals surface area contributed by atoms with Crippen molar-refractivity contribution in [1.82, 2.24) is 14.7 Å². The number of methoxy groups -OCH3 is 1. The molecule has 0 spiro atoms. The van der Waals surface area contributed by atoms with Crippen molar-refractivity contribution in [3.63, 3.8) is 0 Å². The van der Waals surface area contributed by atoms with Crippen LogP contribution >= 0.6 is 0 Å². The third-order valence-corrected chi connectivity index (χ3v) is 6.12. The summed E-state index contributed by atoms with van der Waals surface area (Å²) >= 11 is 0.